The molecule has 0 fully saturated rings. The molecule has 0 unspecified atom stereocenters. The summed E-state index contributed by atoms with van der Waals surface area (Å²) in [7, 11) is 0. The van der Waals surface area contributed by atoms with Gasteiger partial charge in [-0.3, -0.25) is 0 Å². The van der Waals surface area contributed by atoms with E-state index in [1.807, 2.05) is 70.2 Å². The Hall–Kier alpha value is -2.89. The predicted molar refractivity (Wildman–Crippen MR) is 105 cm³/mol. The number of nitrogens with one attached hydrogen (secondary N) is 2. The lowest BCUT2D eigenvalue weighted by Crippen LogP contribution is -2.43. The number of amides is 2. The maximum Gasteiger partial charge on any atom is 0.319 e. The molecule has 0 aromatic heterocycles. The van der Waals surface area contributed by atoms with E-state index in [-0.39, 0.29) is 12.1 Å². The van der Waals surface area contributed by atoms with Gasteiger partial charge in [-0.1, -0.05) is 6.07 Å². The average molecular weight is 370 g/mol. The Morgan fingerprint density at radius 2 is 1.70 bits per heavy atom. The van der Waals surface area contributed by atoms with Gasteiger partial charge < -0.3 is 24.8 Å². The third-order valence-electron chi connectivity index (χ3n) is 4.17. The third kappa shape index (κ3) is 4.84. The molecule has 144 valence electrons. The Labute approximate surface area is 159 Å². The summed E-state index contributed by atoms with van der Waals surface area (Å²) in [6.45, 7) is 8.91. The highest BCUT2D eigenvalue weighted by Crippen LogP contribution is 2.34. The fourth-order valence-corrected chi connectivity index (χ4v) is 2.84. The quantitative estimate of drug-likeness (QED) is 0.823. The number of rotatable bonds is 5. The number of benzene rings is 2. The minimum Gasteiger partial charge on any atom is -0.491 e. The van der Waals surface area contributed by atoms with Crippen LogP contribution >= 0.6 is 0 Å². The normalized spacial score (nSPS) is 13.2. The molecule has 0 saturated heterocycles. The number of hydrogen-bond donors (Lipinski definition) is 2. The van der Waals surface area contributed by atoms with Crippen LogP contribution in [0.3, 0.4) is 0 Å². The van der Waals surface area contributed by atoms with Crippen molar-refractivity contribution in [3.05, 3.63) is 48.0 Å². The monoisotopic (exact) mass is 370 g/mol. The van der Waals surface area contributed by atoms with Crippen LogP contribution in [0.5, 0.6) is 17.2 Å². The molecule has 0 aliphatic carbocycles. The fraction of sp³-hybridized carbons (Fsp3) is 0.381. The summed E-state index contributed by atoms with van der Waals surface area (Å²) in [4.78, 5) is 12.4. The van der Waals surface area contributed by atoms with Crippen LogP contribution in [0.4, 0.5) is 10.5 Å². The molecular formula is C21H26N2O4. The average Bonchev–Trinajstić information content (AvgIpc) is 2.62. The van der Waals surface area contributed by atoms with Gasteiger partial charge in [0.05, 0.1) is 11.6 Å². The zero-order valence-electron chi connectivity index (χ0n) is 16.2. The lowest BCUT2D eigenvalue weighted by atomic mass is 9.94. The van der Waals surface area contributed by atoms with Gasteiger partial charge in [0, 0.05) is 5.69 Å². The minimum absolute atomic E-state index is 0.110. The number of urea groups is 1. The molecule has 27 heavy (non-hydrogen) atoms. The Morgan fingerprint density at radius 1 is 1.04 bits per heavy atom. The van der Waals surface area contributed by atoms with Gasteiger partial charge in [0.15, 0.2) is 11.5 Å². The summed E-state index contributed by atoms with van der Waals surface area (Å²) in [5, 5.41) is 5.85. The summed E-state index contributed by atoms with van der Waals surface area (Å²) >= 11 is 0. The SMILES string of the molecule is CC(C)Oc1ccc(NC(=O)NC(C)(C)c2ccc3c(c2)OCCO3)cc1. The smallest absolute Gasteiger partial charge is 0.319 e. The van der Waals surface area contributed by atoms with Gasteiger partial charge in [0.25, 0.3) is 0 Å². The molecule has 1 heterocycles. The van der Waals surface area contributed by atoms with Crippen molar-refractivity contribution in [2.24, 2.45) is 0 Å². The van der Waals surface area contributed by atoms with E-state index in [9.17, 15) is 4.79 Å². The second-order valence-corrected chi connectivity index (χ2v) is 7.25. The second-order valence-electron chi connectivity index (χ2n) is 7.25. The van der Waals surface area contributed by atoms with Crippen molar-refractivity contribution in [2.75, 3.05) is 18.5 Å². The molecule has 0 radical (unpaired) electrons. The van der Waals surface area contributed by atoms with Crippen LogP contribution in [0, 0.1) is 0 Å². The molecule has 0 saturated carbocycles. The molecule has 3 rings (SSSR count). The molecule has 0 bridgehead atoms. The Bertz CT molecular complexity index is 800. The molecule has 0 atom stereocenters. The molecule has 2 aromatic rings. The number of anilines is 1. The van der Waals surface area contributed by atoms with Crippen molar-refractivity contribution < 1.29 is 19.0 Å². The number of ether oxygens (including phenoxy) is 3. The first kappa shape index (κ1) is 18.9. The van der Waals surface area contributed by atoms with Crippen LogP contribution < -0.4 is 24.8 Å². The molecule has 0 spiro atoms. The molecule has 6 heteroatoms. The summed E-state index contributed by atoms with van der Waals surface area (Å²) < 4.78 is 16.8. The van der Waals surface area contributed by atoms with Gasteiger partial charge in [0.2, 0.25) is 0 Å². The topological polar surface area (TPSA) is 68.8 Å². The van der Waals surface area contributed by atoms with Gasteiger partial charge in [-0.05, 0) is 69.7 Å². The van der Waals surface area contributed by atoms with Gasteiger partial charge >= 0.3 is 6.03 Å². The summed E-state index contributed by atoms with van der Waals surface area (Å²) in [6, 6.07) is 12.7. The van der Waals surface area contributed by atoms with Crippen molar-refractivity contribution in [1.82, 2.24) is 5.32 Å². The van der Waals surface area contributed by atoms with E-state index >= 15 is 0 Å². The van der Waals surface area contributed by atoms with Crippen LogP contribution in [0.2, 0.25) is 0 Å². The summed E-state index contributed by atoms with van der Waals surface area (Å²) in [6.07, 6.45) is 0.110. The zero-order valence-corrected chi connectivity index (χ0v) is 16.2. The van der Waals surface area contributed by atoms with Crippen molar-refractivity contribution in [3.63, 3.8) is 0 Å². The lowest BCUT2D eigenvalue weighted by Gasteiger charge is -2.28. The number of carbonyl (C=O) groups excluding carboxylic acids is 1. The zero-order chi connectivity index (χ0) is 19.4. The van der Waals surface area contributed by atoms with Crippen LogP contribution in [-0.4, -0.2) is 25.3 Å². The van der Waals surface area contributed by atoms with Crippen LogP contribution in [0.15, 0.2) is 42.5 Å². The summed E-state index contributed by atoms with van der Waals surface area (Å²) in [5.41, 5.74) is 1.05. The van der Waals surface area contributed by atoms with E-state index in [1.165, 1.54) is 0 Å². The third-order valence-corrected chi connectivity index (χ3v) is 4.17. The second kappa shape index (κ2) is 7.78. The Balaban J connectivity index is 1.64. The minimum atomic E-state index is -0.583. The number of hydrogen-bond acceptors (Lipinski definition) is 4. The van der Waals surface area contributed by atoms with E-state index in [0.717, 1.165) is 17.1 Å². The first-order valence-electron chi connectivity index (χ1n) is 9.09. The largest absolute Gasteiger partial charge is 0.491 e. The highest BCUT2D eigenvalue weighted by Gasteiger charge is 2.25. The highest BCUT2D eigenvalue weighted by molar-refractivity contribution is 5.89. The summed E-state index contributed by atoms with van der Waals surface area (Å²) in [5.74, 6) is 2.20. The van der Waals surface area contributed by atoms with Crippen molar-refractivity contribution in [3.8, 4) is 17.2 Å². The maximum absolute atomic E-state index is 12.4. The Kier molecular flexibility index (Phi) is 5.44. The lowest BCUT2D eigenvalue weighted by molar-refractivity contribution is 0.171. The molecule has 2 aromatic carbocycles. The standard InChI is InChI=1S/C21H26N2O4/c1-14(2)27-17-8-6-16(7-9-17)22-20(24)23-21(3,4)15-5-10-18-19(13-15)26-12-11-25-18/h5-10,13-14H,11-12H2,1-4H3,(H2,22,23,24). The number of carbonyl (C=O) groups is 1. The fourth-order valence-electron chi connectivity index (χ4n) is 2.84. The predicted octanol–water partition coefficient (Wildman–Crippen LogP) is 4.30. The van der Waals surface area contributed by atoms with Crippen molar-refractivity contribution in [1.29, 1.82) is 0 Å². The van der Waals surface area contributed by atoms with Crippen LogP contribution in [0.25, 0.3) is 0 Å². The van der Waals surface area contributed by atoms with Crippen LogP contribution in [-0.2, 0) is 5.54 Å². The molecule has 6 nitrogen and oxygen atoms in total. The molecule has 2 amide bonds. The Morgan fingerprint density at radius 3 is 2.37 bits per heavy atom. The van der Waals surface area contributed by atoms with Gasteiger partial charge in [-0.15, -0.1) is 0 Å². The van der Waals surface area contributed by atoms with E-state index in [1.54, 1.807) is 0 Å². The molecular weight excluding hydrogens is 344 g/mol. The van der Waals surface area contributed by atoms with Crippen molar-refractivity contribution >= 4 is 11.7 Å². The van der Waals surface area contributed by atoms with Gasteiger partial charge in [-0.2, -0.15) is 0 Å². The molecule has 1 aliphatic heterocycles. The first-order valence-corrected chi connectivity index (χ1v) is 9.09. The van der Waals surface area contributed by atoms with Gasteiger partial charge in [0.1, 0.15) is 19.0 Å². The van der Waals surface area contributed by atoms with Crippen molar-refractivity contribution in [2.45, 2.75) is 39.3 Å². The number of fused-ring (bicyclic) bond motifs is 1. The van der Waals surface area contributed by atoms with Crippen LogP contribution in [0.1, 0.15) is 33.3 Å². The van der Waals surface area contributed by atoms with E-state index in [2.05, 4.69) is 10.6 Å². The van der Waals surface area contributed by atoms with E-state index in [0.29, 0.717) is 24.7 Å². The molecule has 2 N–H and O–H groups in total. The molecule has 1 aliphatic rings. The maximum atomic E-state index is 12.4. The van der Waals surface area contributed by atoms with E-state index < -0.39 is 5.54 Å². The van der Waals surface area contributed by atoms with E-state index in [4.69, 9.17) is 14.2 Å². The van der Waals surface area contributed by atoms with Gasteiger partial charge in [-0.25, -0.2) is 4.79 Å². The highest BCUT2D eigenvalue weighted by atomic mass is 16.6. The first-order chi connectivity index (χ1) is 12.8.